The van der Waals surface area contributed by atoms with Crippen LogP contribution in [0, 0.1) is 5.92 Å². The quantitative estimate of drug-likeness (QED) is 0.918. The molecule has 1 amide bonds. The van der Waals surface area contributed by atoms with Gasteiger partial charge in [0.05, 0.1) is 0 Å². The van der Waals surface area contributed by atoms with Crippen LogP contribution in [0.2, 0.25) is 0 Å². The second kappa shape index (κ2) is 6.43. The predicted molar refractivity (Wildman–Crippen MR) is 83.0 cm³/mol. The summed E-state index contributed by atoms with van der Waals surface area (Å²) in [7, 11) is 0. The smallest absolute Gasteiger partial charge is 0.272 e. The summed E-state index contributed by atoms with van der Waals surface area (Å²) >= 11 is 0. The standard InChI is InChI=1S/C16H24N4O/c17-15-7-3-6-14(18-15)16(21)20-10-4-5-13(12-20)11-19-8-1-2-9-19/h3,6-7,13H,1-2,4-5,8-12H2,(H2,17,18). The van der Waals surface area contributed by atoms with Crippen molar-refractivity contribution in [3.8, 4) is 0 Å². The van der Waals surface area contributed by atoms with Crippen molar-refractivity contribution >= 4 is 11.7 Å². The maximum absolute atomic E-state index is 12.5. The molecule has 0 aromatic carbocycles. The third kappa shape index (κ3) is 3.53. The maximum Gasteiger partial charge on any atom is 0.272 e. The molecule has 0 radical (unpaired) electrons. The van der Waals surface area contributed by atoms with Crippen LogP contribution in [0.4, 0.5) is 5.82 Å². The summed E-state index contributed by atoms with van der Waals surface area (Å²) in [6.07, 6.45) is 4.96. The predicted octanol–water partition coefficient (Wildman–Crippen LogP) is 1.61. The van der Waals surface area contributed by atoms with E-state index in [4.69, 9.17) is 5.73 Å². The molecular formula is C16H24N4O. The van der Waals surface area contributed by atoms with Crippen LogP contribution < -0.4 is 5.73 Å². The minimum atomic E-state index is 0.0217. The zero-order valence-electron chi connectivity index (χ0n) is 12.5. The average Bonchev–Trinajstić information content (AvgIpc) is 3.00. The van der Waals surface area contributed by atoms with Crippen molar-refractivity contribution in [1.82, 2.24) is 14.8 Å². The molecule has 1 aromatic rings. The van der Waals surface area contributed by atoms with E-state index >= 15 is 0 Å². The highest BCUT2D eigenvalue weighted by atomic mass is 16.2. The molecule has 2 fully saturated rings. The van der Waals surface area contributed by atoms with E-state index in [0.29, 0.717) is 17.4 Å². The van der Waals surface area contributed by atoms with Crippen molar-refractivity contribution in [1.29, 1.82) is 0 Å². The van der Waals surface area contributed by atoms with Crippen molar-refractivity contribution in [2.75, 3.05) is 38.5 Å². The lowest BCUT2D eigenvalue weighted by Gasteiger charge is -2.34. The Morgan fingerprint density at radius 2 is 2.05 bits per heavy atom. The summed E-state index contributed by atoms with van der Waals surface area (Å²) in [5.41, 5.74) is 6.14. The first-order valence-corrected chi connectivity index (χ1v) is 7.96. The SMILES string of the molecule is Nc1cccc(C(=O)N2CCCC(CN3CCCC3)C2)n1. The molecule has 0 bridgehead atoms. The minimum absolute atomic E-state index is 0.0217. The second-order valence-electron chi connectivity index (χ2n) is 6.21. The summed E-state index contributed by atoms with van der Waals surface area (Å²) in [5.74, 6) is 1.03. The third-order valence-electron chi connectivity index (χ3n) is 4.51. The molecule has 0 saturated carbocycles. The molecule has 21 heavy (non-hydrogen) atoms. The number of anilines is 1. The number of amides is 1. The number of nitrogen functional groups attached to an aromatic ring is 1. The number of carbonyl (C=O) groups excluding carboxylic acids is 1. The van der Waals surface area contributed by atoms with E-state index < -0.39 is 0 Å². The topological polar surface area (TPSA) is 62.5 Å². The summed E-state index contributed by atoms with van der Waals surface area (Å²) in [6, 6.07) is 5.26. The number of likely N-dealkylation sites (tertiary alicyclic amines) is 2. The number of hydrogen-bond donors (Lipinski definition) is 1. The molecule has 114 valence electrons. The van der Waals surface area contributed by atoms with Crippen molar-refractivity contribution in [3.05, 3.63) is 23.9 Å². The van der Waals surface area contributed by atoms with Crippen LogP contribution in [0.15, 0.2) is 18.2 Å². The Labute approximate surface area is 126 Å². The van der Waals surface area contributed by atoms with Crippen LogP contribution in [-0.4, -0.2) is 53.4 Å². The summed E-state index contributed by atoms with van der Waals surface area (Å²) in [6.45, 7) is 5.27. The van der Waals surface area contributed by atoms with Crippen LogP contribution in [-0.2, 0) is 0 Å². The Kier molecular flexibility index (Phi) is 4.39. The molecular weight excluding hydrogens is 264 g/mol. The fraction of sp³-hybridized carbons (Fsp3) is 0.625. The number of hydrogen-bond acceptors (Lipinski definition) is 4. The van der Waals surface area contributed by atoms with Gasteiger partial charge in [0.25, 0.3) is 5.91 Å². The van der Waals surface area contributed by atoms with Crippen molar-refractivity contribution in [3.63, 3.8) is 0 Å². The highest BCUT2D eigenvalue weighted by Crippen LogP contribution is 2.21. The van der Waals surface area contributed by atoms with Gasteiger partial charge in [0.2, 0.25) is 0 Å². The maximum atomic E-state index is 12.5. The fourth-order valence-electron chi connectivity index (χ4n) is 3.46. The van der Waals surface area contributed by atoms with Gasteiger partial charge in [-0.25, -0.2) is 4.98 Å². The molecule has 5 heteroatoms. The second-order valence-corrected chi connectivity index (χ2v) is 6.21. The molecule has 2 aliphatic rings. The molecule has 1 unspecified atom stereocenters. The monoisotopic (exact) mass is 288 g/mol. The van der Waals surface area contributed by atoms with Gasteiger partial charge in [0, 0.05) is 19.6 Å². The normalized spacial score (nSPS) is 23.4. The number of nitrogens with zero attached hydrogens (tertiary/aromatic N) is 3. The Morgan fingerprint density at radius 1 is 1.24 bits per heavy atom. The lowest BCUT2D eigenvalue weighted by atomic mass is 9.97. The van der Waals surface area contributed by atoms with Crippen molar-refractivity contribution < 1.29 is 4.79 Å². The average molecular weight is 288 g/mol. The van der Waals surface area contributed by atoms with E-state index in [-0.39, 0.29) is 5.91 Å². The largest absolute Gasteiger partial charge is 0.384 e. The molecule has 1 atom stereocenters. The van der Waals surface area contributed by atoms with Gasteiger partial charge in [-0.05, 0) is 56.8 Å². The van der Waals surface area contributed by atoms with Gasteiger partial charge < -0.3 is 15.5 Å². The van der Waals surface area contributed by atoms with E-state index in [2.05, 4.69) is 9.88 Å². The van der Waals surface area contributed by atoms with Crippen molar-refractivity contribution in [2.24, 2.45) is 5.92 Å². The molecule has 0 aliphatic carbocycles. The molecule has 3 heterocycles. The Morgan fingerprint density at radius 3 is 2.81 bits per heavy atom. The lowest BCUT2D eigenvalue weighted by Crippen LogP contribution is -2.43. The first kappa shape index (κ1) is 14.3. The zero-order valence-corrected chi connectivity index (χ0v) is 12.5. The first-order chi connectivity index (χ1) is 10.2. The van der Waals surface area contributed by atoms with Gasteiger partial charge >= 0.3 is 0 Å². The minimum Gasteiger partial charge on any atom is -0.384 e. The van der Waals surface area contributed by atoms with Gasteiger partial charge in [-0.3, -0.25) is 4.79 Å². The Hall–Kier alpha value is -1.62. The van der Waals surface area contributed by atoms with E-state index in [1.54, 1.807) is 18.2 Å². The van der Waals surface area contributed by atoms with Crippen LogP contribution >= 0.6 is 0 Å². The summed E-state index contributed by atoms with van der Waals surface area (Å²) in [5, 5.41) is 0. The Bertz CT molecular complexity index is 499. The number of nitrogens with two attached hydrogens (primary N) is 1. The number of pyridine rings is 1. The van der Waals surface area contributed by atoms with Crippen LogP contribution in [0.5, 0.6) is 0 Å². The van der Waals surface area contributed by atoms with E-state index in [1.165, 1.54) is 32.4 Å². The van der Waals surface area contributed by atoms with Gasteiger partial charge in [-0.2, -0.15) is 0 Å². The Balaban J connectivity index is 1.61. The first-order valence-electron chi connectivity index (χ1n) is 7.96. The molecule has 5 nitrogen and oxygen atoms in total. The zero-order chi connectivity index (χ0) is 14.7. The number of rotatable bonds is 3. The van der Waals surface area contributed by atoms with Gasteiger partial charge in [0.15, 0.2) is 0 Å². The molecule has 2 saturated heterocycles. The fourth-order valence-corrected chi connectivity index (χ4v) is 3.46. The molecule has 2 aliphatic heterocycles. The van der Waals surface area contributed by atoms with E-state index in [1.807, 2.05) is 4.90 Å². The lowest BCUT2D eigenvalue weighted by molar-refractivity contribution is 0.0642. The number of piperidine rings is 1. The molecule has 1 aromatic heterocycles. The van der Waals surface area contributed by atoms with E-state index in [9.17, 15) is 4.79 Å². The van der Waals surface area contributed by atoms with Gasteiger partial charge in [-0.15, -0.1) is 0 Å². The van der Waals surface area contributed by atoms with Crippen molar-refractivity contribution in [2.45, 2.75) is 25.7 Å². The molecule has 3 rings (SSSR count). The summed E-state index contributed by atoms with van der Waals surface area (Å²) < 4.78 is 0. The number of aromatic nitrogens is 1. The van der Waals surface area contributed by atoms with Crippen LogP contribution in [0.1, 0.15) is 36.2 Å². The van der Waals surface area contributed by atoms with Crippen LogP contribution in [0.25, 0.3) is 0 Å². The third-order valence-corrected chi connectivity index (χ3v) is 4.51. The van der Waals surface area contributed by atoms with Gasteiger partial charge in [-0.1, -0.05) is 6.07 Å². The van der Waals surface area contributed by atoms with E-state index in [0.717, 1.165) is 26.1 Å². The van der Waals surface area contributed by atoms with Gasteiger partial charge in [0.1, 0.15) is 11.5 Å². The molecule has 0 spiro atoms. The highest BCUT2D eigenvalue weighted by Gasteiger charge is 2.27. The highest BCUT2D eigenvalue weighted by molar-refractivity contribution is 5.92. The summed E-state index contributed by atoms with van der Waals surface area (Å²) in [4.78, 5) is 21.2. The number of carbonyl (C=O) groups is 1. The molecule has 2 N–H and O–H groups in total. The van der Waals surface area contributed by atoms with Crippen LogP contribution in [0.3, 0.4) is 0 Å².